The van der Waals surface area contributed by atoms with E-state index in [1.54, 1.807) is 35.6 Å². The van der Waals surface area contributed by atoms with Gasteiger partial charge in [0.1, 0.15) is 5.82 Å². The van der Waals surface area contributed by atoms with Gasteiger partial charge >= 0.3 is 5.97 Å². The standard InChI is InChI=1S/C24H22FNO4S/c1-14(16-4-6-17(7-5-16)24(28)29)26-23(27)22-19-10-11-30-13-21(19)31-20(22)12-15-2-8-18(25)9-3-15/h2-9,14H,10-13H2,1H3,(H,26,27)(H,28,29). The largest absolute Gasteiger partial charge is 0.478 e. The second-order valence-corrected chi connectivity index (χ2v) is 8.72. The molecule has 1 unspecified atom stereocenters. The molecule has 0 bridgehead atoms. The number of ether oxygens (including phenoxy) is 1. The molecule has 0 saturated carbocycles. The van der Waals surface area contributed by atoms with Crippen LogP contribution in [-0.2, 0) is 24.2 Å². The van der Waals surface area contributed by atoms with Crippen LogP contribution in [0.3, 0.4) is 0 Å². The second-order valence-electron chi connectivity index (χ2n) is 7.53. The van der Waals surface area contributed by atoms with E-state index in [1.165, 1.54) is 24.3 Å². The number of nitrogens with one attached hydrogen (secondary N) is 1. The Kier molecular flexibility index (Phi) is 6.15. The summed E-state index contributed by atoms with van der Waals surface area (Å²) in [5.41, 5.74) is 3.68. The third kappa shape index (κ3) is 4.68. The summed E-state index contributed by atoms with van der Waals surface area (Å²) in [7, 11) is 0. The first kappa shape index (κ1) is 21.2. The maximum Gasteiger partial charge on any atom is 0.335 e. The molecule has 1 aliphatic heterocycles. The fourth-order valence-electron chi connectivity index (χ4n) is 3.73. The number of thiophene rings is 1. The van der Waals surface area contributed by atoms with E-state index in [0.29, 0.717) is 31.6 Å². The average Bonchev–Trinajstić information content (AvgIpc) is 3.13. The van der Waals surface area contributed by atoms with Crippen molar-refractivity contribution in [3.63, 3.8) is 0 Å². The van der Waals surface area contributed by atoms with Gasteiger partial charge < -0.3 is 15.2 Å². The Hall–Kier alpha value is -3.03. The van der Waals surface area contributed by atoms with Crippen LogP contribution in [0.1, 0.15) is 60.1 Å². The maximum atomic E-state index is 13.3. The summed E-state index contributed by atoms with van der Waals surface area (Å²) in [5, 5.41) is 12.1. The van der Waals surface area contributed by atoms with Crippen molar-refractivity contribution < 1.29 is 23.8 Å². The van der Waals surface area contributed by atoms with Crippen molar-refractivity contribution in [2.24, 2.45) is 0 Å². The number of carbonyl (C=O) groups excluding carboxylic acids is 1. The Morgan fingerprint density at radius 3 is 2.55 bits per heavy atom. The predicted molar refractivity (Wildman–Crippen MR) is 116 cm³/mol. The Morgan fingerprint density at radius 2 is 1.87 bits per heavy atom. The van der Waals surface area contributed by atoms with E-state index >= 15 is 0 Å². The van der Waals surface area contributed by atoms with E-state index in [9.17, 15) is 14.0 Å². The fourth-order valence-corrected chi connectivity index (χ4v) is 5.06. The Bertz CT molecular complexity index is 1110. The highest BCUT2D eigenvalue weighted by molar-refractivity contribution is 7.12. The Balaban J connectivity index is 1.59. The number of rotatable bonds is 6. The zero-order valence-electron chi connectivity index (χ0n) is 17.0. The Labute approximate surface area is 183 Å². The lowest BCUT2D eigenvalue weighted by Crippen LogP contribution is -2.28. The van der Waals surface area contributed by atoms with Crippen molar-refractivity contribution in [2.75, 3.05) is 6.61 Å². The molecule has 0 spiro atoms. The first-order valence-electron chi connectivity index (χ1n) is 10.0. The maximum absolute atomic E-state index is 13.3. The number of carbonyl (C=O) groups is 2. The number of aromatic carboxylic acids is 1. The number of fused-ring (bicyclic) bond motifs is 1. The lowest BCUT2D eigenvalue weighted by molar-refractivity contribution is 0.0696. The number of benzene rings is 2. The number of hydrogen-bond donors (Lipinski definition) is 2. The van der Waals surface area contributed by atoms with Crippen molar-refractivity contribution in [3.05, 3.63) is 91.9 Å². The molecule has 0 saturated heterocycles. The van der Waals surface area contributed by atoms with Crippen LogP contribution in [0.25, 0.3) is 0 Å². The topological polar surface area (TPSA) is 75.6 Å². The van der Waals surface area contributed by atoms with Gasteiger partial charge in [0, 0.05) is 16.2 Å². The van der Waals surface area contributed by atoms with Crippen LogP contribution in [-0.4, -0.2) is 23.6 Å². The molecule has 2 N–H and O–H groups in total. The summed E-state index contributed by atoms with van der Waals surface area (Å²) in [5.74, 6) is -1.43. The van der Waals surface area contributed by atoms with E-state index in [0.717, 1.165) is 26.4 Å². The third-order valence-electron chi connectivity index (χ3n) is 5.40. The summed E-state index contributed by atoms with van der Waals surface area (Å²) in [6.45, 7) is 2.94. The number of carboxylic acid groups (broad SMARTS) is 1. The second kappa shape index (κ2) is 8.99. The fraction of sp³-hybridized carbons (Fsp3) is 0.250. The van der Waals surface area contributed by atoms with Crippen LogP contribution in [0.4, 0.5) is 4.39 Å². The van der Waals surface area contributed by atoms with E-state index in [2.05, 4.69) is 5.32 Å². The molecule has 2 heterocycles. The zero-order chi connectivity index (χ0) is 22.0. The van der Waals surface area contributed by atoms with E-state index in [1.807, 2.05) is 6.92 Å². The highest BCUT2D eigenvalue weighted by Gasteiger charge is 2.26. The molecule has 0 fully saturated rings. The molecule has 1 atom stereocenters. The molecule has 0 radical (unpaired) electrons. The van der Waals surface area contributed by atoms with Gasteiger partial charge in [-0.1, -0.05) is 24.3 Å². The molecule has 3 aromatic rings. The van der Waals surface area contributed by atoms with Crippen molar-refractivity contribution in [2.45, 2.75) is 32.4 Å². The number of halogens is 1. The minimum atomic E-state index is -0.985. The highest BCUT2D eigenvalue weighted by Crippen LogP contribution is 2.34. The first-order valence-corrected chi connectivity index (χ1v) is 10.8. The first-order chi connectivity index (χ1) is 14.9. The highest BCUT2D eigenvalue weighted by atomic mass is 32.1. The summed E-state index contributed by atoms with van der Waals surface area (Å²) in [4.78, 5) is 26.4. The smallest absolute Gasteiger partial charge is 0.335 e. The summed E-state index contributed by atoms with van der Waals surface area (Å²) >= 11 is 1.57. The summed E-state index contributed by atoms with van der Waals surface area (Å²) in [6, 6.07) is 12.5. The molecule has 7 heteroatoms. The van der Waals surface area contributed by atoms with Crippen molar-refractivity contribution in [1.29, 1.82) is 0 Å². The molecular weight excluding hydrogens is 417 g/mol. The third-order valence-corrected chi connectivity index (χ3v) is 6.61. The normalized spacial score (nSPS) is 14.0. The van der Waals surface area contributed by atoms with Gasteiger partial charge in [0.2, 0.25) is 0 Å². The molecule has 160 valence electrons. The van der Waals surface area contributed by atoms with Crippen LogP contribution in [0.5, 0.6) is 0 Å². The van der Waals surface area contributed by atoms with Crippen LogP contribution < -0.4 is 5.32 Å². The number of carboxylic acids is 1. The summed E-state index contributed by atoms with van der Waals surface area (Å²) in [6.07, 6.45) is 1.22. The molecule has 0 aliphatic carbocycles. The van der Waals surface area contributed by atoms with Gasteiger partial charge in [-0.15, -0.1) is 11.3 Å². The Morgan fingerprint density at radius 1 is 1.16 bits per heavy atom. The van der Waals surface area contributed by atoms with Gasteiger partial charge in [-0.25, -0.2) is 9.18 Å². The van der Waals surface area contributed by atoms with E-state index in [-0.39, 0.29) is 23.3 Å². The van der Waals surface area contributed by atoms with E-state index < -0.39 is 5.97 Å². The summed E-state index contributed by atoms with van der Waals surface area (Å²) < 4.78 is 18.9. The lowest BCUT2D eigenvalue weighted by atomic mass is 9.99. The zero-order valence-corrected chi connectivity index (χ0v) is 17.8. The quantitative estimate of drug-likeness (QED) is 0.582. The minimum Gasteiger partial charge on any atom is -0.478 e. The molecule has 1 aromatic heterocycles. The van der Waals surface area contributed by atoms with Crippen LogP contribution in [0.15, 0.2) is 48.5 Å². The molecule has 2 aromatic carbocycles. The van der Waals surface area contributed by atoms with Crippen LogP contribution in [0, 0.1) is 5.82 Å². The average molecular weight is 440 g/mol. The van der Waals surface area contributed by atoms with Crippen molar-refractivity contribution in [1.82, 2.24) is 5.32 Å². The minimum absolute atomic E-state index is 0.161. The van der Waals surface area contributed by atoms with E-state index in [4.69, 9.17) is 9.84 Å². The monoisotopic (exact) mass is 439 g/mol. The lowest BCUT2D eigenvalue weighted by Gasteiger charge is -2.17. The molecule has 1 amide bonds. The van der Waals surface area contributed by atoms with Crippen molar-refractivity contribution in [3.8, 4) is 0 Å². The number of amides is 1. The molecule has 4 rings (SSSR count). The number of hydrogen-bond acceptors (Lipinski definition) is 4. The van der Waals surface area contributed by atoms with Gasteiger partial charge in [-0.2, -0.15) is 0 Å². The SMILES string of the molecule is CC(NC(=O)c1c(Cc2ccc(F)cc2)sc2c1CCOC2)c1ccc(C(=O)O)cc1. The van der Waals surface area contributed by atoms with Gasteiger partial charge in [0.05, 0.1) is 30.4 Å². The van der Waals surface area contributed by atoms with Crippen LogP contribution in [0.2, 0.25) is 0 Å². The van der Waals surface area contributed by atoms with Gasteiger partial charge in [-0.3, -0.25) is 4.79 Å². The van der Waals surface area contributed by atoms with Gasteiger partial charge in [0.25, 0.3) is 5.91 Å². The predicted octanol–water partition coefficient (Wildman–Crippen LogP) is 4.74. The molecule has 31 heavy (non-hydrogen) atoms. The molecule has 5 nitrogen and oxygen atoms in total. The van der Waals surface area contributed by atoms with Gasteiger partial charge in [-0.05, 0) is 54.3 Å². The van der Waals surface area contributed by atoms with Gasteiger partial charge in [0.15, 0.2) is 0 Å². The van der Waals surface area contributed by atoms with Crippen LogP contribution >= 0.6 is 11.3 Å². The molecule has 1 aliphatic rings. The van der Waals surface area contributed by atoms with Crippen molar-refractivity contribution >= 4 is 23.2 Å². The molecular formula is C24H22FNO4S.